The zero-order valence-electron chi connectivity index (χ0n) is 13.6. The van der Waals surface area contributed by atoms with Gasteiger partial charge in [0.05, 0.1) is 17.9 Å². The van der Waals surface area contributed by atoms with Crippen LogP contribution >= 0.6 is 22.9 Å². The van der Waals surface area contributed by atoms with Gasteiger partial charge in [-0.2, -0.15) is 5.10 Å². The molecule has 25 heavy (non-hydrogen) atoms. The molecule has 3 aromatic rings. The van der Waals surface area contributed by atoms with Crippen molar-refractivity contribution in [1.29, 1.82) is 0 Å². The quantitative estimate of drug-likeness (QED) is 0.669. The lowest BCUT2D eigenvalue weighted by molar-refractivity contribution is -0.127. The molecule has 0 aliphatic heterocycles. The number of nitrogens with one attached hydrogen (secondary N) is 2. The Kier molecular flexibility index (Phi) is 5.00. The van der Waals surface area contributed by atoms with Gasteiger partial charge in [0.25, 0.3) is 0 Å². The van der Waals surface area contributed by atoms with E-state index in [4.69, 9.17) is 11.6 Å². The van der Waals surface area contributed by atoms with E-state index in [1.807, 2.05) is 13.8 Å². The second-order valence-electron chi connectivity index (χ2n) is 5.61. The van der Waals surface area contributed by atoms with Crippen molar-refractivity contribution in [2.24, 2.45) is 0 Å². The van der Waals surface area contributed by atoms with Gasteiger partial charge in [-0.1, -0.05) is 29.0 Å². The predicted octanol–water partition coefficient (Wildman–Crippen LogP) is 2.96. The highest BCUT2D eigenvalue weighted by molar-refractivity contribution is 7.14. The van der Waals surface area contributed by atoms with Crippen LogP contribution in [-0.2, 0) is 9.59 Å². The van der Waals surface area contributed by atoms with Crippen molar-refractivity contribution in [2.45, 2.75) is 26.3 Å². The highest BCUT2D eigenvalue weighted by Crippen LogP contribution is 2.20. The number of benzene rings is 1. The fraction of sp³-hybridized carbons (Fsp3) is 0.250. The SMILES string of the molecule is Cc1ccc(NC(=O)CC(=O)N[C@@H](C)c2cn3ncsc3n2)cc1Cl. The summed E-state index contributed by atoms with van der Waals surface area (Å²) in [6, 6.07) is 4.88. The molecule has 2 amide bonds. The predicted molar refractivity (Wildman–Crippen MR) is 96.9 cm³/mol. The van der Waals surface area contributed by atoms with E-state index < -0.39 is 5.91 Å². The highest BCUT2D eigenvalue weighted by atomic mass is 35.5. The van der Waals surface area contributed by atoms with Crippen LogP contribution in [0.2, 0.25) is 5.02 Å². The molecule has 0 unspecified atom stereocenters. The molecular weight excluding hydrogens is 362 g/mol. The van der Waals surface area contributed by atoms with Crippen molar-refractivity contribution in [3.8, 4) is 0 Å². The number of halogens is 1. The number of aromatic nitrogens is 3. The van der Waals surface area contributed by atoms with E-state index in [1.165, 1.54) is 11.3 Å². The topological polar surface area (TPSA) is 88.4 Å². The Morgan fingerprint density at radius 1 is 1.36 bits per heavy atom. The zero-order chi connectivity index (χ0) is 18.0. The molecule has 0 bridgehead atoms. The van der Waals surface area contributed by atoms with Gasteiger partial charge in [0.1, 0.15) is 11.9 Å². The molecule has 1 atom stereocenters. The van der Waals surface area contributed by atoms with E-state index >= 15 is 0 Å². The van der Waals surface area contributed by atoms with Gasteiger partial charge in [-0.3, -0.25) is 9.59 Å². The Hall–Kier alpha value is -2.45. The van der Waals surface area contributed by atoms with Crippen molar-refractivity contribution in [3.63, 3.8) is 0 Å². The molecular formula is C16H16ClN5O2S. The van der Waals surface area contributed by atoms with E-state index in [1.54, 1.807) is 34.4 Å². The Labute approximate surface area is 153 Å². The Morgan fingerprint density at radius 3 is 2.88 bits per heavy atom. The normalized spacial score (nSPS) is 12.1. The monoisotopic (exact) mass is 377 g/mol. The summed E-state index contributed by atoms with van der Waals surface area (Å²) in [5, 5.41) is 10.1. The average Bonchev–Trinajstić information content (AvgIpc) is 3.12. The lowest BCUT2D eigenvalue weighted by atomic mass is 10.2. The van der Waals surface area contributed by atoms with Crippen LogP contribution in [0.5, 0.6) is 0 Å². The molecule has 2 N–H and O–H groups in total. The summed E-state index contributed by atoms with van der Waals surface area (Å²) in [6.07, 6.45) is 1.47. The molecule has 1 aromatic carbocycles. The first-order valence-corrected chi connectivity index (χ1v) is 8.82. The van der Waals surface area contributed by atoms with Gasteiger partial charge >= 0.3 is 0 Å². The minimum Gasteiger partial charge on any atom is -0.347 e. The molecule has 0 saturated heterocycles. The van der Waals surface area contributed by atoms with Crippen LogP contribution in [-0.4, -0.2) is 26.4 Å². The molecule has 0 radical (unpaired) electrons. The smallest absolute Gasteiger partial charge is 0.233 e. The minimum atomic E-state index is -0.405. The van der Waals surface area contributed by atoms with Gasteiger partial charge in [0.15, 0.2) is 0 Å². The molecule has 0 fully saturated rings. The van der Waals surface area contributed by atoms with Crippen LogP contribution in [0.25, 0.3) is 4.96 Å². The van der Waals surface area contributed by atoms with Crippen molar-refractivity contribution >= 4 is 45.4 Å². The number of anilines is 1. The lowest BCUT2D eigenvalue weighted by Gasteiger charge is -2.11. The number of amides is 2. The summed E-state index contributed by atoms with van der Waals surface area (Å²) < 4.78 is 1.65. The summed E-state index contributed by atoms with van der Waals surface area (Å²) in [7, 11) is 0. The second kappa shape index (κ2) is 7.20. The van der Waals surface area contributed by atoms with Crippen LogP contribution < -0.4 is 10.6 Å². The maximum Gasteiger partial charge on any atom is 0.233 e. The zero-order valence-corrected chi connectivity index (χ0v) is 15.2. The standard InChI is InChI=1S/C16H16ClN5O2S/c1-9-3-4-11(5-12(9)17)20-15(24)6-14(23)19-10(2)13-7-22-16(21-13)25-8-18-22/h3-5,7-8,10H,6H2,1-2H3,(H,19,23)(H,20,24)/t10-/m0/s1. The first-order valence-electron chi connectivity index (χ1n) is 7.56. The van der Waals surface area contributed by atoms with Crippen LogP contribution in [0.15, 0.2) is 29.9 Å². The maximum absolute atomic E-state index is 12.1. The second-order valence-corrected chi connectivity index (χ2v) is 6.83. The number of hydrogen-bond donors (Lipinski definition) is 2. The van der Waals surface area contributed by atoms with Crippen LogP contribution in [0.1, 0.15) is 30.6 Å². The fourth-order valence-corrected chi connectivity index (χ4v) is 3.04. The van der Waals surface area contributed by atoms with Crippen LogP contribution in [0, 0.1) is 6.92 Å². The fourth-order valence-electron chi connectivity index (χ4n) is 2.25. The van der Waals surface area contributed by atoms with E-state index in [-0.39, 0.29) is 18.4 Å². The first kappa shape index (κ1) is 17.4. The molecule has 7 nitrogen and oxygen atoms in total. The van der Waals surface area contributed by atoms with Crippen LogP contribution in [0.4, 0.5) is 5.69 Å². The lowest BCUT2D eigenvalue weighted by Crippen LogP contribution is -2.30. The van der Waals surface area contributed by atoms with Gasteiger partial charge in [-0.15, -0.1) is 0 Å². The van der Waals surface area contributed by atoms with Gasteiger partial charge in [0.2, 0.25) is 16.8 Å². The molecule has 0 spiro atoms. The molecule has 0 saturated carbocycles. The molecule has 0 aliphatic carbocycles. The maximum atomic E-state index is 12.1. The van der Waals surface area contributed by atoms with Gasteiger partial charge in [0, 0.05) is 10.7 Å². The third kappa shape index (κ3) is 4.15. The van der Waals surface area contributed by atoms with Gasteiger partial charge in [-0.05, 0) is 31.5 Å². The number of hydrogen-bond acceptors (Lipinski definition) is 5. The Morgan fingerprint density at radius 2 is 2.16 bits per heavy atom. The van der Waals surface area contributed by atoms with Crippen molar-refractivity contribution < 1.29 is 9.59 Å². The molecule has 2 aromatic heterocycles. The molecule has 130 valence electrons. The number of nitrogens with zero attached hydrogens (tertiary/aromatic N) is 3. The van der Waals surface area contributed by atoms with Gasteiger partial charge in [-0.25, -0.2) is 9.50 Å². The van der Waals surface area contributed by atoms with E-state index in [0.717, 1.165) is 10.5 Å². The number of imidazole rings is 1. The van der Waals surface area contributed by atoms with Crippen LogP contribution in [0.3, 0.4) is 0 Å². The number of fused-ring (bicyclic) bond motifs is 1. The molecule has 2 heterocycles. The van der Waals surface area contributed by atoms with E-state index in [9.17, 15) is 9.59 Å². The number of carbonyl (C=O) groups is 2. The van der Waals surface area contributed by atoms with E-state index in [0.29, 0.717) is 16.4 Å². The largest absolute Gasteiger partial charge is 0.347 e. The number of carbonyl (C=O) groups excluding carboxylic acids is 2. The third-order valence-corrected chi connectivity index (χ3v) is 4.70. The highest BCUT2D eigenvalue weighted by Gasteiger charge is 2.16. The Bertz CT molecular complexity index is 907. The summed E-state index contributed by atoms with van der Waals surface area (Å²) in [5.74, 6) is -0.787. The summed E-state index contributed by atoms with van der Waals surface area (Å²) in [4.78, 5) is 29.2. The number of aryl methyl sites for hydroxylation is 1. The van der Waals surface area contributed by atoms with Crippen molar-refractivity contribution in [1.82, 2.24) is 19.9 Å². The first-order chi connectivity index (χ1) is 11.9. The molecule has 3 rings (SSSR count). The summed E-state index contributed by atoms with van der Waals surface area (Å²) in [5.41, 5.74) is 3.86. The summed E-state index contributed by atoms with van der Waals surface area (Å²) in [6.45, 7) is 3.68. The third-order valence-electron chi connectivity index (χ3n) is 3.60. The minimum absolute atomic E-state index is 0.281. The molecule has 0 aliphatic rings. The Balaban J connectivity index is 1.55. The number of rotatable bonds is 5. The van der Waals surface area contributed by atoms with E-state index in [2.05, 4.69) is 20.7 Å². The molecule has 9 heteroatoms. The van der Waals surface area contributed by atoms with Crippen molar-refractivity contribution in [2.75, 3.05) is 5.32 Å². The summed E-state index contributed by atoms with van der Waals surface area (Å²) >= 11 is 7.43. The van der Waals surface area contributed by atoms with Crippen molar-refractivity contribution in [3.05, 3.63) is 46.2 Å². The van der Waals surface area contributed by atoms with Gasteiger partial charge < -0.3 is 10.6 Å². The average molecular weight is 378 g/mol.